The first-order valence-electron chi connectivity index (χ1n) is 6.83. The van der Waals surface area contributed by atoms with Gasteiger partial charge in [-0.1, -0.05) is 24.9 Å². The summed E-state index contributed by atoms with van der Waals surface area (Å²) >= 11 is 5.68. The molecule has 1 aromatic rings. The molecule has 0 N–H and O–H groups in total. The first-order chi connectivity index (χ1) is 10.2. The molecule has 0 aliphatic carbocycles. The van der Waals surface area contributed by atoms with Crippen molar-refractivity contribution in [1.82, 2.24) is 4.90 Å². The van der Waals surface area contributed by atoms with Crippen LogP contribution in [0.5, 0.6) is 0 Å². The first-order valence-corrected chi connectivity index (χ1v) is 9.06. The molecule has 0 bridgehead atoms. The van der Waals surface area contributed by atoms with Gasteiger partial charge in [0, 0.05) is 13.6 Å². The Labute approximate surface area is 135 Å². The average molecular weight is 351 g/mol. The van der Waals surface area contributed by atoms with Crippen LogP contribution in [0.2, 0.25) is 5.02 Å². The number of amides is 1. The van der Waals surface area contributed by atoms with Crippen molar-refractivity contribution in [1.29, 1.82) is 0 Å². The normalized spacial score (nSPS) is 11.3. The molecule has 0 unspecified atom stereocenters. The number of nitrogens with zero attached hydrogens (tertiary/aromatic N) is 2. The lowest BCUT2D eigenvalue weighted by Gasteiger charge is -2.25. The van der Waals surface area contributed by atoms with Gasteiger partial charge in [0.1, 0.15) is 12.4 Å². The molecular weight excluding hydrogens is 331 g/mol. The highest BCUT2D eigenvalue weighted by atomic mass is 35.5. The van der Waals surface area contributed by atoms with Crippen molar-refractivity contribution in [3.05, 3.63) is 29.0 Å². The summed E-state index contributed by atoms with van der Waals surface area (Å²) in [6.45, 7) is 2.21. The number of likely N-dealkylation sites (N-methyl/N-ethyl adjacent to an activating group) is 1. The maximum Gasteiger partial charge on any atom is 0.243 e. The van der Waals surface area contributed by atoms with Crippen molar-refractivity contribution in [2.24, 2.45) is 0 Å². The van der Waals surface area contributed by atoms with E-state index in [-0.39, 0.29) is 23.2 Å². The van der Waals surface area contributed by atoms with E-state index in [0.717, 1.165) is 29.5 Å². The Balaban J connectivity index is 3.00. The molecule has 0 saturated carbocycles. The lowest BCUT2D eigenvalue weighted by atomic mass is 10.3. The van der Waals surface area contributed by atoms with Crippen LogP contribution in [0.25, 0.3) is 0 Å². The smallest absolute Gasteiger partial charge is 0.243 e. The highest BCUT2D eigenvalue weighted by Crippen LogP contribution is 2.24. The van der Waals surface area contributed by atoms with Crippen LogP contribution in [0.1, 0.15) is 19.8 Å². The van der Waals surface area contributed by atoms with Gasteiger partial charge in [0.2, 0.25) is 15.9 Å². The summed E-state index contributed by atoms with van der Waals surface area (Å²) in [6, 6.07) is 3.54. The molecule has 0 aliphatic rings. The van der Waals surface area contributed by atoms with Gasteiger partial charge in [0.05, 0.1) is 17.0 Å². The van der Waals surface area contributed by atoms with E-state index in [9.17, 15) is 17.6 Å². The van der Waals surface area contributed by atoms with Gasteiger partial charge in [-0.15, -0.1) is 0 Å². The maximum absolute atomic E-state index is 13.2. The Morgan fingerprint density at radius 1 is 1.36 bits per heavy atom. The minimum atomic E-state index is -3.69. The number of hydrogen-bond donors (Lipinski definition) is 0. The SMILES string of the molecule is CCCCN(C)C(=O)CN(c1ccc(F)c(Cl)c1)S(C)(=O)=O. The van der Waals surface area contributed by atoms with Gasteiger partial charge < -0.3 is 4.90 Å². The van der Waals surface area contributed by atoms with Gasteiger partial charge in [-0.3, -0.25) is 9.10 Å². The fourth-order valence-electron chi connectivity index (χ4n) is 1.80. The van der Waals surface area contributed by atoms with Gasteiger partial charge in [0.15, 0.2) is 0 Å². The number of unbranched alkanes of at least 4 members (excludes halogenated alkanes) is 1. The largest absolute Gasteiger partial charge is 0.344 e. The number of sulfonamides is 1. The standard InChI is InChI=1S/C14H20ClFN2O3S/c1-4-5-8-17(2)14(19)10-18(22(3,20)21)11-6-7-13(16)12(15)9-11/h6-7,9H,4-5,8,10H2,1-3H3. The monoisotopic (exact) mass is 350 g/mol. The minimum absolute atomic E-state index is 0.158. The van der Waals surface area contributed by atoms with Gasteiger partial charge in [-0.2, -0.15) is 0 Å². The van der Waals surface area contributed by atoms with E-state index in [2.05, 4.69) is 0 Å². The Kier molecular flexibility index (Phi) is 6.62. The summed E-state index contributed by atoms with van der Waals surface area (Å²) < 4.78 is 38.0. The van der Waals surface area contributed by atoms with Gasteiger partial charge >= 0.3 is 0 Å². The molecule has 0 heterocycles. The second kappa shape index (κ2) is 7.78. The molecule has 0 aromatic heterocycles. The van der Waals surface area contributed by atoms with Crippen molar-refractivity contribution >= 4 is 33.2 Å². The number of rotatable bonds is 7. The zero-order valence-electron chi connectivity index (χ0n) is 12.8. The van der Waals surface area contributed by atoms with E-state index in [1.165, 1.54) is 17.0 Å². The second-order valence-corrected chi connectivity index (χ2v) is 7.35. The van der Waals surface area contributed by atoms with E-state index in [4.69, 9.17) is 11.6 Å². The maximum atomic E-state index is 13.2. The third-order valence-corrected chi connectivity index (χ3v) is 4.57. The van der Waals surface area contributed by atoms with Crippen molar-refractivity contribution in [2.45, 2.75) is 19.8 Å². The zero-order valence-corrected chi connectivity index (χ0v) is 14.4. The fourth-order valence-corrected chi connectivity index (χ4v) is 2.82. The third-order valence-electron chi connectivity index (χ3n) is 3.14. The van der Waals surface area contributed by atoms with E-state index in [0.29, 0.717) is 6.54 Å². The van der Waals surface area contributed by atoms with Crippen LogP contribution in [-0.2, 0) is 14.8 Å². The fraction of sp³-hybridized carbons (Fsp3) is 0.500. The van der Waals surface area contributed by atoms with Crippen LogP contribution >= 0.6 is 11.6 Å². The van der Waals surface area contributed by atoms with Crippen LogP contribution in [0, 0.1) is 5.82 Å². The van der Waals surface area contributed by atoms with Crippen LogP contribution in [-0.4, -0.2) is 45.6 Å². The van der Waals surface area contributed by atoms with Crippen molar-refractivity contribution in [3.8, 4) is 0 Å². The summed E-state index contributed by atoms with van der Waals surface area (Å²) in [5.74, 6) is -0.982. The summed E-state index contributed by atoms with van der Waals surface area (Å²) in [4.78, 5) is 13.6. The summed E-state index contributed by atoms with van der Waals surface area (Å²) in [5, 5.41) is -0.196. The van der Waals surface area contributed by atoms with Gasteiger partial charge in [-0.05, 0) is 24.6 Å². The molecule has 0 atom stereocenters. The Hall–Kier alpha value is -1.34. The van der Waals surface area contributed by atoms with Crippen LogP contribution < -0.4 is 4.31 Å². The first kappa shape index (κ1) is 18.7. The highest BCUT2D eigenvalue weighted by molar-refractivity contribution is 7.92. The van der Waals surface area contributed by atoms with Crippen LogP contribution in [0.4, 0.5) is 10.1 Å². The molecule has 1 aromatic carbocycles. The molecule has 0 spiro atoms. The van der Waals surface area contributed by atoms with Crippen LogP contribution in [0.15, 0.2) is 18.2 Å². The molecule has 22 heavy (non-hydrogen) atoms. The zero-order chi connectivity index (χ0) is 16.9. The predicted octanol–water partition coefficient (Wildman–Crippen LogP) is 2.50. The molecule has 5 nitrogen and oxygen atoms in total. The Bertz CT molecular complexity index is 637. The van der Waals surface area contributed by atoms with E-state index in [1.807, 2.05) is 6.92 Å². The summed E-state index contributed by atoms with van der Waals surface area (Å²) in [6.07, 6.45) is 2.76. The Morgan fingerprint density at radius 2 is 2.00 bits per heavy atom. The van der Waals surface area contributed by atoms with E-state index in [1.54, 1.807) is 7.05 Å². The lowest BCUT2D eigenvalue weighted by Crippen LogP contribution is -2.41. The minimum Gasteiger partial charge on any atom is -0.344 e. The van der Waals surface area contributed by atoms with Crippen molar-refractivity contribution in [2.75, 3.05) is 30.7 Å². The topological polar surface area (TPSA) is 57.7 Å². The number of halogens is 2. The quantitative estimate of drug-likeness (QED) is 0.759. The van der Waals surface area contributed by atoms with E-state index < -0.39 is 15.8 Å². The van der Waals surface area contributed by atoms with Crippen LogP contribution in [0.3, 0.4) is 0 Å². The molecule has 8 heteroatoms. The number of carbonyl (C=O) groups is 1. The lowest BCUT2D eigenvalue weighted by molar-refractivity contribution is -0.128. The molecule has 0 fully saturated rings. The number of benzene rings is 1. The van der Waals surface area contributed by atoms with Crippen molar-refractivity contribution < 1.29 is 17.6 Å². The van der Waals surface area contributed by atoms with Gasteiger partial charge in [0.25, 0.3) is 0 Å². The summed E-state index contributed by atoms with van der Waals surface area (Å²) in [5.41, 5.74) is 0.158. The van der Waals surface area contributed by atoms with E-state index >= 15 is 0 Å². The number of anilines is 1. The van der Waals surface area contributed by atoms with Gasteiger partial charge in [-0.25, -0.2) is 12.8 Å². The molecule has 124 valence electrons. The molecule has 0 aliphatic heterocycles. The molecule has 1 rings (SSSR count). The Morgan fingerprint density at radius 3 is 2.50 bits per heavy atom. The number of hydrogen-bond acceptors (Lipinski definition) is 3. The van der Waals surface area contributed by atoms with Crippen molar-refractivity contribution in [3.63, 3.8) is 0 Å². The average Bonchev–Trinajstić information content (AvgIpc) is 2.43. The summed E-state index contributed by atoms with van der Waals surface area (Å²) in [7, 11) is -2.07. The molecule has 1 amide bonds. The highest BCUT2D eigenvalue weighted by Gasteiger charge is 2.23. The molecule has 0 saturated heterocycles. The molecular formula is C14H20ClFN2O3S. The third kappa shape index (κ3) is 5.14. The number of carbonyl (C=O) groups excluding carboxylic acids is 1. The predicted molar refractivity (Wildman–Crippen MR) is 86.1 cm³/mol. The second-order valence-electron chi connectivity index (χ2n) is 5.04. The molecule has 0 radical (unpaired) electrons.